The maximum atomic E-state index is 6.36. The molecule has 0 spiro atoms. The molecular formula is C14H23NO3Si. The zero-order valence-electron chi connectivity index (χ0n) is 12.6. The second-order valence-corrected chi connectivity index (χ2v) is 10.5. The Bertz CT molecular complexity index is 448. The minimum absolute atomic E-state index is 0.0950. The highest BCUT2D eigenvalue weighted by Crippen LogP contribution is 2.53. The van der Waals surface area contributed by atoms with Gasteiger partial charge in [-0.1, -0.05) is 0 Å². The zero-order valence-corrected chi connectivity index (χ0v) is 13.6. The van der Waals surface area contributed by atoms with Crippen LogP contribution in [0.5, 0.6) is 0 Å². The molecule has 1 aromatic rings. The van der Waals surface area contributed by atoms with Crippen molar-refractivity contribution in [3.63, 3.8) is 0 Å². The fraction of sp³-hybridized carbons (Fsp3) is 0.643. The number of nitrogens with zero attached hydrogens (tertiary/aromatic N) is 1. The zero-order chi connectivity index (χ0) is 14.3. The summed E-state index contributed by atoms with van der Waals surface area (Å²) < 4.78 is 18.2. The summed E-state index contributed by atoms with van der Waals surface area (Å²) in [7, 11) is -0.0744. The molecule has 0 saturated carbocycles. The average molecular weight is 281 g/mol. The van der Waals surface area contributed by atoms with Gasteiger partial charge in [-0.3, -0.25) is 4.98 Å². The van der Waals surface area contributed by atoms with Crippen molar-refractivity contribution in [3.05, 3.63) is 30.1 Å². The Hall–Kier alpha value is -0.753. The van der Waals surface area contributed by atoms with Gasteiger partial charge in [0.2, 0.25) is 5.79 Å². The fourth-order valence-corrected chi connectivity index (χ4v) is 4.17. The number of aromatic nitrogens is 1. The van der Waals surface area contributed by atoms with Crippen LogP contribution in [-0.2, 0) is 19.5 Å². The molecule has 1 fully saturated rings. The molecule has 3 unspecified atom stereocenters. The van der Waals surface area contributed by atoms with Crippen LogP contribution in [0.4, 0.5) is 0 Å². The predicted octanol–water partition coefficient (Wildman–Crippen LogP) is 2.91. The molecule has 0 amide bonds. The average Bonchev–Trinajstić information content (AvgIpc) is 2.35. The maximum Gasteiger partial charge on any atom is 0.219 e. The predicted molar refractivity (Wildman–Crippen MR) is 76.3 cm³/mol. The third-order valence-electron chi connectivity index (χ3n) is 3.60. The van der Waals surface area contributed by atoms with E-state index in [0.717, 1.165) is 5.56 Å². The van der Waals surface area contributed by atoms with E-state index in [1.807, 2.05) is 26.0 Å². The molecule has 3 atom stereocenters. The van der Waals surface area contributed by atoms with Crippen LogP contribution in [0.15, 0.2) is 24.5 Å². The summed E-state index contributed by atoms with van der Waals surface area (Å²) in [6.45, 7) is 10.5. The van der Waals surface area contributed by atoms with Gasteiger partial charge in [0.05, 0.1) is 0 Å². The topological polar surface area (TPSA) is 40.6 Å². The van der Waals surface area contributed by atoms with E-state index in [0.29, 0.717) is 0 Å². The minimum atomic E-state index is -1.77. The molecule has 2 rings (SSSR count). The normalized spacial score (nSPS) is 34.9. The Morgan fingerprint density at radius 3 is 2.26 bits per heavy atom. The number of pyridine rings is 1. The Morgan fingerprint density at radius 2 is 1.84 bits per heavy atom. The molecule has 0 radical (unpaired) electrons. The highest BCUT2D eigenvalue weighted by atomic mass is 28.4. The molecule has 0 bridgehead atoms. The van der Waals surface area contributed by atoms with Crippen LogP contribution in [0.3, 0.4) is 0 Å². The lowest BCUT2D eigenvalue weighted by Crippen LogP contribution is -2.74. The summed E-state index contributed by atoms with van der Waals surface area (Å²) >= 11 is 0. The van der Waals surface area contributed by atoms with Gasteiger partial charge in [-0.2, -0.15) is 0 Å². The van der Waals surface area contributed by atoms with E-state index in [4.69, 9.17) is 13.9 Å². The van der Waals surface area contributed by atoms with Crippen LogP contribution in [-0.4, -0.2) is 32.3 Å². The summed E-state index contributed by atoms with van der Waals surface area (Å²) in [5, 5.41) is 0. The number of hydrogen-bond donors (Lipinski definition) is 0. The minimum Gasteiger partial charge on any atom is -0.386 e. The number of hydrogen-bond acceptors (Lipinski definition) is 4. The van der Waals surface area contributed by atoms with E-state index < -0.39 is 19.7 Å². The molecule has 1 aliphatic rings. The molecule has 1 aliphatic heterocycles. The first-order valence-electron chi connectivity index (χ1n) is 6.59. The molecule has 0 aliphatic carbocycles. The molecule has 0 N–H and O–H groups in total. The van der Waals surface area contributed by atoms with Gasteiger partial charge in [0, 0.05) is 19.5 Å². The molecule has 1 saturated heterocycles. The van der Waals surface area contributed by atoms with Crippen LogP contribution >= 0.6 is 0 Å². The van der Waals surface area contributed by atoms with Crippen molar-refractivity contribution in [2.75, 3.05) is 7.11 Å². The van der Waals surface area contributed by atoms with E-state index in [9.17, 15) is 0 Å². The van der Waals surface area contributed by atoms with E-state index in [1.165, 1.54) is 0 Å². The van der Waals surface area contributed by atoms with E-state index in [-0.39, 0.29) is 6.10 Å². The molecular weight excluding hydrogens is 258 g/mol. The summed E-state index contributed by atoms with van der Waals surface area (Å²) in [4.78, 5) is 4.06. The lowest BCUT2D eigenvalue weighted by Gasteiger charge is -2.61. The lowest BCUT2D eigenvalue weighted by molar-refractivity contribution is -0.431. The van der Waals surface area contributed by atoms with E-state index >= 15 is 0 Å². The first kappa shape index (κ1) is 14.7. The van der Waals surface area contributed by atoms with Gasteiger partial charge in [-0.05, 0) is 51.2 Å². The van der Waals surface area contributed by atoms with Gasteiger partial charge in [-0.15, -0.1) is 0 Å². The smallest absolute Gasteiger partial charge is 0.219 e. The van der Waals surface area contributed by atoms with E-state index in [2.05, 4.69) is 24.6 Å². The molecule has 19 heavy (non-hydrogen) atoms. The Balaban J connectivity index is 2.41. The first-order chi connectivity index (χ1) is 8.75. The Kier molecular flexibility index (Phi) is 3.60. The van der Waals surface area contributed by atoms with Crippen molar-refractivity contribution in [1.29, 1.82) is 0 Å². The van der Waals surface area contributed by atoms with Crippen LogP contribution in [0.1, 0.15) is 19.4 Å². The summed E-state index contributed by atoms with van der Waals surface area (Å²) in [6, 6.07) is 3.90. The van der Waals surface area contributed by atoms with Gasteiger partial charge >= 0.3 is 0 Å². The highest BCUT2D eigenvalue weighted by Gasteiger charge is 2.67. The molecule has 0 aromatic carbocycles. The van der Waals surface area contributed by atoms with Crippen LogP contribution in [0, 0.1) is 0 Å². The van der Waals surface area contributed by atoms with E-state index in [1.54, 1.807) is 19.5 Å². The van der Waals surface area contributed by atoms with Crippen molar-refractivity contribution in [1.82, 2.24) is 4.98 Å². The van der Waals surface area contributed by atoms with Gasteiger partial charge in [0.25, 0.3) is 0 Å². The molecule has 106 valence electrons. The lowest BCUT2D eigenvalue weighted by atomic mass is 9.78. The maximum absolute atomic E-state index is 6.36. The van der Waals surface area contributed by atoms with Crippen LogP contribution in [0.2, 0.25) is 19.6 Å². The second-order valence-electron chi connectivity index (χ2n) is 6.12. The quantitative estimate of drug-likeness (QED) is 0.628. The van der Waals surface area contributed by atoms with Crippen molar-refractivity contribution in [3.8, 4) is 0 Å². The number of methoxy groups -OCH3 is 1. The third-order valence-corrected chi connectivity index (χ3v) is 4.52. The van der Waals surface area contributed by atoms with Gasteiger partial charge in [-0.25, -0.2) is 0 Å². The van der Waals surface area contributed by atoms with Crippen LogP contribution < -0.4 is 0 Å². The Labute approximate surface area is 116 Å². The Morgan fingerprint density at radius 1 is 1.26 bits per heavy atom. The molecule has 2 heterocycles. The second kappa shape index (κ2) is 4.66. The fourth-order valence-electron chi connectivity index (χ4n) is 2.82. The summed E-state index contributed by atoms with van der Waals surface area (Å²) in [5.41, 5.74) is 0.436. The SMILES string of the molecule is COC1(O[Si](C)(C)C)C(C)OC1(C)c1ccncc1. The van der Waals surface area contributed by atoms with Crippen LogP contribution in [0.25, 0.3) is 0 Å². The van der Waals surface area contributed by atoms with Crippen molar-refractivity contribution in [2.45, 2.75) is 51.0 Å². The van der Waals surface area contributed by atoms with Gasteiger partial charge in [0.1, 0.15) is 11.7 Å². The van der Waals surface area contributed by atoms with Crippen molar-refractivity contribution < 1.29 is 13.9 Å². The van der Waals surface area contributed by atoms with Gasteiger partial charge < -0.3 is 13.9 Å². The first-order valence-corrected chi connectivity index (χ1v) is 10.00. The summed E-state index contributed by atoms with van der Waals surface area (Å²) in [5.74, 6) is -0.723. The molecule has 5 heteroatoms. The van der Waals surface area contributed by atoms with Crippen molar-refractivity contribution in [2.24, 2.45) is 0 Å². The van der Waals surface area contributed by atoms with Gasteiger partial charge in [0.15, 0.2) is 8.32 Å². The summed E-state index contributed by atoms with van der Waals surface area (Å²) in [6.07, 6.45) is 3.44. The largest absolute Gasteiger partial charge is 0.386 e. The third kappa shape index (κ3) is 2.25. The standard InChI is InChI=1S/C14H23NO3Si/c1-11-14(16-3,18-19(4,5)6)13(2,17-11)12-7-9-15-10-8-12/h7-11H,1-6H3. The number of ether oxygens (including phenoxy) is 2. The monoisotopic (exact) mass is 281 g/mol. The van der Waals surface area contributed by atoms with Crippen molar-refractivity contribution >= 4 is 8.32 Å². The molecule has 1 aromatic heterocycles. The molecule has 4 nitrogen and oxygen atoms in total. The number of rotatable bonds is 4. The highest BCUT2D eigenvalue weighted by molar-refractivity contribution is 6.69.